The normalized spacial score (nSPS) is 10.5. The zero-order chi connectivity index (χ0) is 12.4. The van der Waals surface area contributed by atoms with Gasteiger partial charge in [0, 0.05) is 17.6 Å². The first-order valence-electron chi connectivity index (χ1n) is 4.65. The number of fused-ring (bicyclic) bond motifs is 1. The van der Waals surface area contributed by atoms with Gasteiger partial charge in [0.15, 0.2) is 0 Å². The second kappa shape index (κ2) is 4.22. The number of nitrogens with zero attached hydrogens (tertiary/aromatic N) is 2. The minimum absolute atomic E-state index is 0.0619. The molecule has 2 aromatic rings. The topological polar surface area (TPSA) is 71.9 Å². The third-order valence-electron chi connectivity index (χ3n) is 2.23. The van der Waals surface area contributed by atoms with Gasteiger partial charge in [-0.05, 0) is 12.1 Å². The Kier molecular flexibility index (Phi) is 2.75. The van der Waals surface area contributed by atoms with Crippen molar-refractivity contribution >= 4 is 16.6 Å². The molecule has 0 spiro atoms. The fraction of sp³-hybridized carbons (Fsp3) is 0.0909. The van der Waals surface area contributed by atoms with Gasteiger partial charge in [-0.1, -0.05) is 0 Å². The fourth-order valence-electron chi connectivity index (χ4n) is 1.52. The lowest BCUT2D eigenvalue weighted by atomic mass is 10.1. The molecular formula is C11H7F2N3O. The Labute approximate surface area is 95.2 Å². The number of hydrogen-bond donors (Lipinski definition) is 1. The van der Waals surface area contributed by atoms with Crippen LogP contribution in [-0.2, 0) is 0 Å². The van der Waals surface area contributed by atoms with E-state index in [0.717, 1.165) is 0 Å². The maximum Gasteiger partial charge on any atom is 0.387 e. The van der Waals surface area contributed by atoms with Crippen molar-refractivity contribution in [3.8, 4) is 11.8 Å². The highest BCUT2D eigenvalue weighted by Gasteiger charge is 2.14. The minimum atomic E-state index is -2.96. The van der Waals surface area contributed by atoms with E-state index in [4.69, 9.17) is 11.0 Å². The molecule has 6 heteroatoms. The second-order valence-electron chi connectivity index (χ2n) is 3.23. The molecule has 86 valence electrons. The number of rotatable bonds is 2. The van der Waals surface area contributed by atoms with Gasteiger partial charge in [0.25, 0.3) is 0 Å². The SMILES string of the molecule is N#Cc1cc(OC(F)F)c2cccnc2c1N. The standard InChI is InChI=1S/C11H7F2N3O/c12-11(13)17-8-4-6(5-14)9(15)10-7(8)2-1-3-16-10/h1-4,11H,15H2. The van der Waals surface area contributed by atoms with Crippen LogP contribution in [-0.4, -0.2) is 11.6 Å². The Morgan fingerprint density at radius 3 is 2.88 bits per heavy atom. The van der Waals surface area contributed by atoms with E-state index in [1.807, 2.05) is 6.07 Å². The lowest BCUT2D eigenvalue weighted by Crippen LogP contribution is -2.04. The van der Waals surface area contributed by atoms with Crippen molar-refractivity contribution in [1.82, 2.24) is 4.98 Å². The summed E-state index contributed by atoms with van der Waals surface area (Å²) in [5.41, 5.74) is 6.20. The molecule has 0 aliphatic rings. The van der Waals surface area contributed by atoms with Crippen LogP contribution in [0.25, 0.3) is 10.9 Å². The van der Waals surface area contributed by atoms with Crippen molar-refractivity contribution in [3.63, 3.8) is 0 Å². The van der Waals surface area contributed by atoms with Crippen LogP contribution in [0.3, 0.4) is 0 Å². The summed E-state index contributed by atoms with van der Waals surface area (Å²) in [6.07, 6.45) is 1.46. The molecular weight excluding hydrogens is 228 g/mol. The van der Waals surface area contributed by atoms with Gasteiger partial charge >= 0.3 is 6.61 Å². The Balaban J connectivity index is 2.75. The molecule has 4 nitrogen and oxygen atoms in total. The van der Waals surface area contributed by atoms with Crippen molar-refractivity contribution < 1.29 is 13.5 Å². The van der Waals surface area contributed by atoms with Gasteiger partial charge < -0.3 is 10.5 Å². The Bertz CT molecular complexity index is 607. The molecule has 1 heterocycles. The van der Waals surface area contributed by atoms with Crippen molar-refractivity contribution in [2.24, 2.45) is 0 Å². The molecule has 1 aromatic heterocycles. The van der Waals surface area contributed by atoms with Crippen LogP contribution in [0.1, 0.15) is 5.56 Å². The van der Waals surface area contributed by atoms with Crippen molar-refractivity contribution in [3.05, 3.63) is 30.0 Å². The first-order valence-corrected chi connectivity index (χ1v) is 4.65. The van der Waals surface area contributed by atoms with E-state index in [2.05, 4.69) is 9.72 Å². The summed E-state index contributed by atoms with van der Waals surface area (Å²) >= 11 is 0. The largest absolute Gasteiger partial charge is 0.434 e. The molecule has 17 heavy (non-hydrogen) atoms. The number of ether oxygens (including phenoxy) is 1. The molecule has 1 aromatic carbocycles. The zero-order valence-corrected chi connectivity index (χ0v) is 8.52. The summed E-state index contributed by atoms with van der Waals surface area (Å²) in [7, 11) is 0. The van der Waals surface area contributed by atoms with Gasteiger partial charge in [-0.25, -0.2) is 0 Å². The van der Waals surface area contributed by atoms with Gasteiger partial charge in [-0.3, -0.25) is 4.98 Å². The van der Waals surface area contributed by atoms with E-state index < -0.39 is 6.61 Å². The lowest BCUT2D eigenvalue weighted by Gasteiger charge is -2.10. The monoisotopic (exact) mass is 235 g/mol. The Hall–Kier alpha value is -2.42. The molecule has 0 aliphatic carbocycles. The molecule has 2 N–H and O–H groups in total. The molecule has 0 fully saturated rings. The van der Waals surface area contributed by atoms with E-state index in [1.165, 1.54) is 12.3 Å². The Morgan fingerprint density at radius 2 is 2.24 bits per heavy atom. The number of aromatic nitrogens is 1. The highest BCUT2D eigenvalue weighted by atomic mass is 19.3. The second-order valence-corrected chi connectivity index (χ2v) is 3.23. The average Bonchev–Trinajstić information content (AvgIpc) is 2.32. The van der Waals surface area contributed by atoms with E-state index >= 15 is 0 Å². The quantitative estimate of drug-likeness (QED) is 0.810. The summed E-state index contributed by atoms with van der Waals surface area (Å²) in [5, 5.41) is 9.19. The summed E-state index contributed by atoms with van der Waals surface area (Å²) in [6.45, 7) is -2.96. The van der Waals surface area contributed by atoms with E-state index in [-0.39, 0.29) is 22.5 Å². The number of nitriles is 1. The van der Waals surface area contributed by atoms with Crippen LogP contribution in [0.2, 0.25) is 0 Å². The molecule has 0 aliphatic heterocycles. The third kappa shape index (κ3) is 1.95. The molecule has 2 rings (SSSR count). The number of alkyl halides is 2. The third-order valence-corrected chi connectivity index (χ3v) is 2.23. The predicted octanol–water partition coefficient (Wildman–Crippen LogP) is 2.29. The number of halogens is 2. The van der Waals surface area contributed by atoms with Crippen LogP contribution in [0, 0.1) is 11.3 Å². The molecule has 0 saturated heterocycles. The van der Waals surface area contributed by atoms with E-state index in [1.54, 1.807) is 12.1 Å². The van der Waals surface area contributed by atoms with Gasteiger partial charge in [-0.2, -0.15) is 14.0 Å². The van der Waals surface area contributed by atoms with Crippen LogP contribution in [0.4, 0.5) is 14.5 Å². The average molecular weight is 235 g/mol. The zero-order valence-electron chi connectivity index (χ0n) is 8.52. The summed E-state index contributed by atoms with van der Waals surface area (Å²) in [6, 6.07) is 6.13. The predicted molar refractivity (Wildman–Crippen MR) is 57.5 cm³/mol. The summed E-state index contributed by atoms with van der Waals surface area (Å²) in [5.74, 6) is -0.103. The highest BCUT2D eigenvalue weighted by Crippen LogP contribution is 2.32. The highest BCUT2D eigenvalue weighted by molar-refractivity contribution is 5.96. The number of hydrogen-bond acceptors (Lipinski definition) is 4. The number of anilines is 1. The molecule has 0 unspecified atom stereocenters. The van der Waals surface area contributed by atoms with Crippen LogP contribution < -0.4 is 10.5 Å². The van der Waals surface area contributed by atoms with Crippen LogP contribution in [0.15, 0.2) is 24.4 Å². The van der Waals surface area contributed by atoms with E-state index in [9.17, 15) is 8.78 Å². The maximum atomic E-state index is 12.2. The van der Waals surface area contributed by atoms with Crippen molar-refractivity contribution in [2.45, 2.75) is 6.61 Å². The number of nitrogen functional groups attached to an aromatic ring is 1. The first kappa shape index (κ1) is 11.1. The van der Waals surface area contributed by atoms with Crippen LogP contribution in [0.5, 0.6) is 5.75 Å². The minimum Gasteiger partial charge on any atom is -0.434 e. The van der Waals surface area contributed by atoms with Gasteiger partial charge in [0.05, 0.1) is 16.8 Å². The first-order chi connectivity index (χ1) is 8.13. The van der Waals surface area contributed by atoms with Gasteiger partial charge in [-0.15, -0.1) is 0 Å². The van der Waals surface area contributed by atoms with Gasteiger partial charge in [0.2, 0.25) is 0 Å². The lowest BCUT2D eigenvalue weighted by molar-refractivity contribution is -0.0488. The molecule has 0 atom stereocenters. The van der Waals surface area contributed by atoms with Crippen LogP contribution >= 0.6 is 0 Å². The molecule has 0 radical (unpaired) electrons. The molecule has 0 saturated carbocycles. The number of nitrogens with two attached hydrogens (primary N) is 1. The van der Waals surface area contributed by atoms with Gasteiger partial charge in [0.1, 0.15) is 11.8 Å². The van der Waals surface area contributed by atoms with E-state index in [0.29, 0.717) is 5.39 Å². The smallest absolute Gasteiger partial charge is 0.387 e. The Morgan fingerprint density at radius 1 is 1.47 bits per heavy atom. The van der Waals surface area contributed by atoms with Crippen molar-refractivity contribution in [1.29, 1.82) is 5.26 Å². The molecule has 0 amide bonds. The number of benzene rings is 1. The maximum absolute atomic E-state index is 12.2. The number of pyridine rings is 1. The summed E-state index contributed by atoms with van der Waals surface area (Å²) < 4.78 is 28.8. The molecule has 0 bridgehead atoms. The van der Waals surface area contributed by atoms with Crippen molar-refractivity contribution in [2.75, 3.05) is 5.73 Å². The fourth-order valence-corrected chi connectivity index (χ4v) is 1.52. The summed E-state index contributed by atoms with van der Waals surface area (Å²) in [4.78, 5) is 3.96.